The summed E-state index contributed by atoms with van der Waals surface area (Å²) in [6, 6.07) is 8.28. The maximum absolute atomic E-state index is 5.55. The minimum atomic E-state index is 0.405. The van der Waals surface area contributed by atoms with Crippen LogP contribution in [0.25, 0.3) is 0 Å². The van der Waals surface area contributed by atoms with E-state index in [1.54, 1.807) is 7.11 Å². The molecule has 1 aromatic carbocycles. The van der Waals surface area contributed by atoms with Crippen molar-refractivity contribution >= 4 is 0 Å². The van der Waals surface area contributed by atoms with E-state index in [2.05, 4.69) is 19.1 Å². The van der Waals surface area contributed by atoms with Crippen LogP contribution in [-0.2, 0) is 4.74 Å². The molecule has 0 aromatic heterocycles. The van der Waals surface area contributed by atoms with Gasteiger partial charge in [-0.15, -0.1) is 0 Å². The van der Waals surface area contributed by atoms with E-state index in [0.29, 0.717) is 12.0 Å². The summed E-state index contributed by atoms with van der Waals surface area (Å²) in [5.74, 6) is 1.48. The zero-order valence-corrected chi connectivity index (χ0v) is 8.69. The van der Waals surface area contributed by atoms with E-state index in [1.165, 1.54) is 5.56 Å². The lowest BCUT2D eigenvalue weighted by atomic mass is 9.97. The Morgan fingerprint density at radius 2 is 2.00 bits per heavy atom. The molecule has 2 nitrogen and oxygen atoms in total. The topological polar surface area (TPSA) is 18.5 Å². The third-order valence-corrected chi connectivity index (χ3v) is 2.79. The van der Waals surface area contributed by atoms with Crippen LogP contribution in [-0.4, -0.2) is 19.8 Å². The van der Waals surface area contributed by atoms with Crippen LogP contribution < -0.4 is 4.74 Å². The van der Waals surface area contributed by atoms with Gasteiger partial charge in [0, 0.05) is 5.92 Å². The maximum Gasteiger partial charge on any atom is 0.118 e. The van der Waals surface area contributed by atoms with E-state index >= 15 is 0 Å². The summed E-state index contributed by atoms with van der Waals surface area (Å²) in [4.78, 5) is 0. The van der Waals surface area contributed by atoms with Crippen molar-refractivity contribution in [3.63, 3.8) is 0 Å². The van der Waals surface area contributed by atoms with Crippen molar-refractivity contribution in [2.45, 2.75) is 25.4 Å². The fourth-order valence-corrected chi connectivity index (χ4v) is 1.93. The zero-order chi connectivity index (χ0) is 9.97. The highest BCUT2D eigenvalue weighted by Gasteiger charge is 2.23. The Kier molecular flexibility index (Phi) is 2.73. The van der Waals surface area contributed by atoms with Gasteiger partial charge >= 0.3 is 0 Å². The molecule has 0 N–H and O–H groups in total. The molecule has 0 amide bonds. The van der Waals surface area contributed by atoms with Crippen LogP contribution in [0.1, 0.15) is 24.8 Å². The lowest BCUT2D eigenvalue weighted by molar-refractivity contribution is 0.123. The first-order valence-electron chi connectivity index (χ1n) is 5.05. The molecular formula is C12H16O2. The molecule has 0 spiro atoms. The van der Waals surface area contributed by atoms with Gasteiger partial charge in [-0.1, -0.05) is 12.1 Å². The van der Waals surface area contributed by atoms with Crippen molar-refractivity contribution < 1.29 is 9.47 Å². The molecule has 2 rings (SSSR count). The summed E-state index contributed by atoms with van der Waals surface area (Å²) in [6.07, 6.45) is 1.54. The number of hydrogen-bond acceptors (Lipinski definition) is 2. The van der Waals surface area contributed by atoms with Gasteiger partial charge in [-0.3, -0.25) is 0 Å². The smallest absolute Gasteiger partial charge is 0.118 e. The highest BCUT2D eigenvalue weighted by atomic mass is 16.5. The number of methoxy groups -OCH3 is 1. The average Bonchev–Trinajstić information content (AvgIpc) is 2.65. The van der Waals surface area contributed by atoms with E-state index in [0.717, 1.165) is 18.8 Å². The van der Waals surface area contributed by atoms with E-state index in [9.17, 15) is 0 Å². The second-order valence-corrected chi connectivity index (χ2v) is 3.85. The molecule has 14 heavy (non-hydrogen) atoms. The van der Waals surface area contributed by atoms with Crippen molar-refractivity contribution in [2.24, 2.45) is 0 Å². The standard InChI is InChI=1S/C12H16O2/c1-9-7-11(8-14-9)10-3-5-12(13-2)6-4-10/h3-6,9,11H,7-8H2,1-2H3/t9-,11+/m1/s1. The number of rotatable bonds is 2. The molecule has 0 bridgehead atoms. The SMILES string of the molecule is COc1ccc([C@@H]2CO[C@H](C)C2)cc1. The molecule has 1 aliphatic rings. The first-order chi connectivity index (χ1) is 6.79. The van der Waals surface area contributed by atoms with Crippen LogP contribution in [0.15, 0.2) is 24.3 Å². The predicted octanol–water partition coefficient (Wildman–Crippen LogP) is 2.59. The average molecular weight is 192 g/mol. The van der Waals surface area contributed by atoms with E-state index in [-0.39, 0.29) is 0 Å². The molecule has 0 unspecified atom stereocenters. The molecule has 1 aromatic rings. The van der Waals surface area contributed by atoms with Gasteiger partial charge in [-0.05, 0) is 31.0 Å². The normalized spacial score (nSPS) is 26.4. The summed E-state index contributed by atoms with van der Waals surface area (Å²) in [6.45, 7) is 2.98. The second kappa shape index (κ2) is 4.01. The predicted molar refractivity (Wildman–Crippen MR) is 55.8 cm³/mol. The monoisotopic (exact) mass is 192 g/mol. The molecule has 1 heterocycles. The Balaban J connectivity index is 2.09. The van der Waals surface area contributed by atoms with Crippen LogP contribution >= 0.6 is 0 Å². The Morgan fingerprint density at radius 3 is 2.50 bits per heavy atom. The van der Waals surface area contributed by atoms with Crippen LogP contribution in [0.4, 0.5) is 0 Å². The number of benzene rings is 1. The Morgan fingerprint density at radius 1 is 1.29 bits per heavy atom. The van der Waals surface area contributed by atoms with Gasteiger partial charge in [0.05, 0.1) is 19.8 Å². The van der Waals surface area contributed by atoms with Crippen LogP contribution in [0.5, 0.6) is 5.75 Å². The fourth-order valence-electron chi connectivity index (χ4n) is 1.93. The minimum absolute atomic E-state index is 0.405. The first kappa shape index (κ1) is 9.53. The molecule has 2 atom stereocenters. The molecule has 76 valence electrons. The van der Waals surface area contributed by atoms with Gasteiger partial charge in [0.1, 0.15) is 5.75 Å². The highest BCUT2D eigenvalue weighted by Crippen LogP contribution is 2.29. The Labute approximate surface area is 84.8 Å². The molecular weight excluding hydrogens is 176 g/mol. The van der Waals surface area contributed by atoms with Gasteiger partial charge in [0.15, 0.2) is 0 Å². The molecule has 0 aliphatic carbocycles. The van der Waals surface area contributed by atoms with Gasteiger partial charge < -0.3 is 9.47 Å². The van der Waals surface area contributed by atoms with E-state index < -0.39 is 0 Å². The fraction of sp³-hybridized carbons (Fsp3) is 0.500. The van der Waals surface area contributed by atoms with E-state index in [4.69, 9.17) is 9.47 Å². The highest BCUT2D eigenvalue weighted by molar-refractivity contribution is 5.29. The van der Waals surface area contributed by atoms with Gasteiger partial charge in [-0.25, -0.2) is 0 Å². The molecule has 1 aliphatic heterocycles. The second-order valence-electron chi connectivity index (χ2n) is 3.85. The summed E-state index contributed by atoms with van der Waals surface area (Å²) in [7, 11) is 1.69. The van der Waals surface area contributed by atoms with Crippen molar-refractivity contribution in [3.8, 4) is 5.75 Å². The lowest BCUT2D eigenvalue weighted by Crippen LogP contribution is -1.97. The summed E-state index contributed by atoms with van der Waals surface area (Å²) in [5.41, 5.74) is 1.36. The third kappa shape index (κ3) is 1.90. The minimum Gasteiger partial charge on any atom is -0.497 e. The van der Waals surface area contributed by atoms with Crippen LogP contribution in [0, 0.1) is 0 Å². The molecule has 2 heteroatoms. The Hall–Kier alpha value is -1.02. The van der Waals surface area contributed by atoms with Crippen LogP contribution in [0.3, 0.4) is 0 Å². The van der Waals surface area contributed by atoms with Crippen molar-refractivity contribution in [3.05, 3.63) is 29.8 Å². The van der Waals surface area contributed by atoms with Crippen molar-refractivity contribution in [1.29, 1.82) is 0 Å². The first-order valence-corrected chi connectivity index (χ1v) is 5.05. The van der Waals surface area contributed by atoms with Crippen molar-refractivity contribution in [1.82, 2.24) is 0 Å². The Bertz CT molecular complexity index is 292. The quantitative estimate of drug-likeness (QED) is 0.717. The lowest BCUT2D eigenvalue weighted by Gasteiger charge is -2.08. The van der Waals surface area contributed by atoms with Crippen molar-refractivity contribution in [2.75, 3.05) is 13.7 Å². The largest absolute Gasteiger partial charge is 0.497 e. The van der Waals surface area contributed by atoms with Gasteiger partial charge in [0.2, 0.25) is 0 Å². The summed E-state index contributed by atoms with van der Waals surface area (Å²) < 4.78 is 10.7. The van der Waals surface area contributed by atoms with Gasteiger partial charge in [-0.2, -0.15) is 0 Å². The molecule has 1 fully saturated rings. The molecule has 1 saturated heterocycles. The zero-order valence-electron chi connectivity index (χ0n) is 8.69. The third-order valence-electron chi connectivity index (χ3n) is 2.79. The molecule has 0 saturated carbocycles. The summed E-state index contributed by atoms with van der Waals surface area (Å²) >= 11 is 0. The van der Waals surface area contributed by atoms with Gasteiger partial charge in [0.25, 0.3) is 0 Å². The number of ether oxygens (including phenoxy) is 2. The van der Waals surface area contributed by atoms with E-state index in [1.807, 2.05) is 12.1 Å². The maximum atomic E-state index is 5.55. The summed E-state index contributed by atoms with van der Waals surface area (Å²) in [5, 5.41) is 0. The molecule has 0 radical (unpaired) electrons. The number of hydrogen-bond donors (Lipinski definition) is 0. The van der Waals surface area contributed by atoms with Crippen LogP contribution in [0.2, 0.25) is 0 Å².